The van der Waals surface area contributed by atoms with Crippen molar-refractivity contribution < 1.29 is 23.8 Å². The zero-order valence-corrected chi connectivity index (χ0v) is 11.4. The number of halogens is 1. The van der Waals surface area contributed by atoms with E-state index in [0.29, 0.717) is 19.5 Å². The molecule has 1 saturated heterocycles. The lowest BCUT2D eigenvalue weighted by Crippen LogP contribution is -2.52. The van der Waals surface area contributed by atoms with Crippen LogP contribution in [0, 0.1) is 5.82 Å². The molecule has 1 aromatic carbocycles. The summed E-state index contributed by atoms with van der Waals surface area (Å²) in [6, 6.07) is 5.76. The van der Waals surface area contributed by atoms with E-state index in [4.69, 9.17) is 9.84 Å². The second-order valence-corrected chi connectivity index (χ2v) is 4.75. The number of ether oxygens (including phenoxy) is 1. The van der Waals surface area contributed by atoms with Crippen molar-refractivity contribution in [2.75, 3.05) is 26.2 Å². The number of hydrogen-bond acceptors (Lipinski definition) is 3. The number of aliphatic carboxylic acids is 1. The lowest BCUT2D eigenvalue weighted by atomic mass is 10.1. The molecule has 6 nitrogen and oxygen atoms in total. The first-order valence-electron chi connectivity index (χ1n) is 6.68. The van der Waals surface area contributed by atoms with Crippen molar-refractivity contribution >= 4 is 12.0 Å². The van der Waals surface area contributed by atoms with E-state index < -0.39 is 12.1 Å². The number of hydrogen-bond donors (Lipinski definition) is 2. The van der Waals surface area contributed by atoms with Crippen molar-refractivity contribution in [3.8, 4) is 0 Å². The fourth-order valence-corrected chi connectivity index (χ4v) is 2.06. The van der Waals surface area contributed by atoms with Gasteiger partial charge in [-0.05, 0) is 24.1 Å². The predicted molar refractivity (Wildman–Crippen MR) is 72.5 cm³/mol. The van der Waals surface area contributed by atoms with Gasteiger partial charge in [0.2, 0.25) is 0 Å². The second-order valence-electron chi connectivity index (χ2n) is 4.75. The second kappa shape index (κ2) is 7.03. The van der Waals surface area contributed by atoms with E-state index in [1.165, 1.54) is 17.0 Å². The Morgan fingerprint density at radius 3 is 2.76 bits per heavy atom. The Morgan fingerprint density at radius 2 is 2.10 bits per heavy atom. The first kappa shape index (κ1) is 15.2. The molecule has 1 unspecified atom stereocenters. The van der Waals surface area contributed by atoms with Gasteiger partial charge in [-0.1, -0.05) is 12.1 Å². The van der Waals surface area contributed by atoms with Gasteiger partial charge < -0.3 is 20.1 Å². The molecule has 0 spiro atoms. The third kappa shape index (κ3) is 4.42. The summed E-state index contributed by atoms with van der Waals surface area (Å²) in [5, 5.41) is 11.6. The topological polar surface area (TPSA) is 78.9 Å². The van der Waals surface area contributed by atoms with Crippen LogP contribution in [-0.4, -0.2) is 54.4 Å². The highest BCUT2D eigenvalue weighted by Crippen LogP contribution is 2.06. The Morgan fingerprint density at radius 1 is 1.38 bits per heavy atom. The van der Waals surface area contributed by atoms with Crippen LogP contribution >= 0.6 is 0 Å². The molecule has 1 atom stereocenters. The Balaban J connectivity index is 1.76. The summed E-state index contributed by atoms with van der Waals surface area (Å²) in [5.74, 6) is -1.37. The highest BCUT2D eigenvalue weighted by Gasteiger charge is 2.28. The van der Waals surface area contributed by atoms with Gasteiger partial charge in [0, 0.05) is 13.1 Å². The van der Waals surface area contributed by atoms with Crippen LogP contribution in [0.15, 0.2) is 24.3 Å². The molecule has 0 aromatic heterocycles. The highest BCUT2D eigenvalue weighted by atomic mass is 19.1. The number of rotatable bonds is 4. The number of carboxylic acid groups (broad SMARTS) is 1. The summed E-state index contributed by atoms with van der Waals surface area (Å²) in [7, 11) is 0. The number of carbonyl (C=O) groups excluding carboxylic acids is 1. The van der Waals surface area contributed by atoms with Crippen LogP contribution in [0.2, 0.25) is 0 Å². The summed E-state index contributed by atoms with van der Waals surface area (Å²) >= 11 is 0. The van der Waals surface area contributed by atoms with Crippen LogP contribution in [0.25, 0.3) is 0 Å². The summed E-state index contributed by atoms with van der Waals surface area (Å²) in [6.45, 7) is 1.02. The zero-order chi connectivity index (χ0) is 15.2. The van der Waals surface area contributed by atoms with Gasteiger partial charge >= 0.3 is 12.0 Å². The molecule has 2 amide bonds. The number of morpholine rings is 1. The Bertz CT molecular complexity index is 506. The minimum Gasteiger partial charge on any atom is -0.479 e. The summed E-state index contributed by atoms with van der Waals surface area (Å²) < 4.78 is 17.8. The monoisotopic (exact) mass is 296 g/mol. The third-order valence-corrected chi connectivity index (χ3v) is 3.23. The Kier molecular flexibility index (Phi) is 5.10. The van der Waals surface area contributed by atoms with E-state index in [1.54, 1.807) is 12.1 Å². The van der Waals surface area contributed by atoms with Crippen LogP contribution in [0.4, 0.5) is 9.18 Å². The maximum absolute atomic E-state index is 12.7. The molecule has 0 aliphatic carbocycles. The van der Waals surface area contributed by atoms with Crippen LogP contribution in [0.1, 0.15) is 5.56 Å². The molecule has 1 aliphatic heterocycles. The molecular weight excluding hydrogens is 279 g/mol. The molecule has 21 heavy (non-hydrogen) atoms. The Hall–Kier alpha value is -2.15. The van der Waals surface area contributed by atoms with E-state index in [9.17, 15) is 14.0 Å². The first-order chi connectivity index (χ1) is 10.1. The maximum Gasteiger partial charge on any atom is 0.334 e. The number of carbonyl (C=O) groups is 2. The molecule has 0 radical (unpaired) electrons. The molecule has 0 bridgehead atoms. The minimum absolute atomic E-state index is 0.0394. The molecule has 1 aromatic rings. The quantitative estimate of drug-likeness (QED) is 0.864. The van der Waals surface area contributed by atoms with Crippen LogP contribution in [0.3, 0.4) is 0 Å². The molecular formula is C14H17FN2O4. The van der Waals surface area contributed by atoms with Crippen LogP contribution < -0.4 is 5.32 Å². The van der Waals surface area contributed by atoms with E-state index in [0.717, 1.165) is 5.56 Å². The lowest BCUT2D eigenvalue weighted by molar-refractivity contribution is -0.154. The fraction of sp³-hybridized carbons (Fsp3) is 0.429. The van der Waals surface area contributed by atoms with Crippen LogP contribution in [-0.2, 0) is 16.0 Å². The smallest absolute Gasteiger partial charge is 0.334 e. The summed E-state index contributed by atoms with van der Waals surface area (Å²) in [6.07, 6.45) is -0.389. The highest BCUT2D eigenvalue weighted by molar-refractivity contribution is 5.77. The predicted octanol–water partition coefficient (Wildman–Crippen LogP) is 0.863. The van der Waals surface area contributed by atoms with Crippen molar-refractivity contribution in [2.24, 2.45) is 0 Å². The van der Waals surface area contributed by atoms with Gasteiger partial charge in [-0.3, -0.25) is 0 Å². The van der Waals surface area contributed by atoms with E-state index in [-0.39, 0.29) is 25.0 Å². The van der Waals surface area contributed by atoms with Crippen molar-refractivity contribution in [2.45, 2.75) is 12.5 Å². The van der Waals surface area contributed by atoms with Gasteiger partial charge in [0.25, 0.3) is 0 Å². The molecule has 1 heterocycles. The van der Waals surface area contributed by atoms with Gasteiger partial charge in [0.15, 0.2) is 6.10 Å². The number of benzene rings is 1. The van der Waals surface area contributed by atoms with Gasteiger partial charge in [-0.2, -0.15) is 0 Å². The first-order valence-corrected chi connectivity index (χ1v) is 6.68. The minimum atomic E-state index is -1.07. The van der Waals surface area contributed by atoms with Crippen molar-refractivity contribution in [1.29, 1.82) is 0 Å². The molecule has 0 saturated carbocycles. The van der Waals surface area contributed by atoms with Crippen molar-refractivity contribution in [3.63, 3.8) is 0 Å². The fourth-order valence-electron chi connectivity index (χ4n) is 2.06. The molecule has 114 valence electrons. The van der Waals surface area contributed by atoms with E-state index in [2.05, 4.69) is 5.32 Å². The van der Waals surface area contributed by atoms with Crippen LogP contribution in [0.5, 0.6) is 0 Å². The third-order valence-electron chi connectivity index (χ3n) is 3.23. The standard InChI is InChI=1S/C14H17FN2O4/c15-11-3-1-10(2-4-11)5-6-16-14(20)17-7-8-21-12(9-17)13(18)19/h1-4,12H,5-9H2,(H,16,20)(H,18,19). The van der Waals surface area contributed by atoms with Crippen molar-refractivity contribution in [3.05, 3.63) is 35.6 Å². The molecule has 1 aliphatic rings. The average Bonchev–Trinajstić information content (AvgIpc) is 2.49. The molecule has 1 fully saturated rings. The largest absolute Gasteiger partial charge is 0.479 e. The van der Waals surface area contributed by atoms with E-state index >= 15 is 0 Å². The maximum atomic E-state index is 12.7. The Labute approximate surface area is 121 Å². The summed E-state index contributed by atoms with van der Waals surface area (Å²) in [5.41, 5.74) is 0.919. The molecule has 2 N–H and O–H groups in total. The van der Waals surface area contributed by atoms with Gasteiger partial charge in [0.1, 0.15) is 5.82 Å². The number of nitrogens with zero attached hydrogens (tertiary/aromatic N) is 1. The van der Waals surface area contributed by atoms with Crippen molar-refractivity contribution in [1.82, 2.24) is 10.2 Å². The molecule has 2 rings (SSSR count). The SMILES string of the molecule is O=C(O)C1CN(C(=O)NCCc2ccc(F)cc2)CCO1. The molecule has 7 heteroatoms. The number of amides is 2. The van der Waals surface area contributed by atoms with Gasteiger partial charge in [-0.15, -0.1) is 0 Å². The zero-order valence-electron chi connectivity index (χ0n) is 11.4. The number of nitrogens with one attached hydrogen (secondary N) is 1. The summed E-state index contributed by atoms with van der Waals surface area (Å²) in [4.78, 5) is 24.2. The number of carboxylic acids is 1. The van der Waals surface area contributed by atoms with Gasteiger partial charge in [0.05, 0.1) is 13.2 Å². The van der Waals surface area contributed by atoms with Gasteiger partial charge in [-0.25, -0.2) is 14.0 Å². The lowest BCUT2D eigenvalue weighted by Gasteiger charge is -2.30. The number of urea groups is 1. The average molecular weight is 296 g/mol. The van der Waals surface area contributed by atoms with E-state index in [1.807, 2.05) is 0 Å². The normalized spacial score (nSPS) is 18.3.